The molecule has 0 aliphatic rings. The number of aliphatic hydroxyl groups is 1. The maximum absolute atomic E-state index is 9.72. The van der Waals surface area contributed by atoms with Gasteiger partial charge >= 0.3 is 0 Å². The number of hydrogen-bond donors (Lipinski definition) is 2. The van der Waals surface area contributed by atoms with Gasteiger partial charge in [0.1, 0.15) is 6.10 Å². The lowest BCUT2D eigenvalue weighted by Crippen LogP contribution is -2.31. The summed E-state index contributed by atoms with van der Waals surface area (Å²) >= 11 is 1.48. The van der Waals surface area contributed by atoms with Crippen LogP contribution in [0.25, 0.3) is 0 Å². The van der Waals surface area contributed by atoms with Crippen molar-refractivity contribution in [1.82, 2.24) is 10.3 Å². The van der Waals surface area contributed by atoms with Crippen molar-refractivity contribution < 1.29 is 5.11 Å². The van der Waals surface area contributed by atoms with E-state index in [0.29, 0.717) is 0 Å². The van der Waals surface area contributed by atoms with Crippen LogP contribution in [0.2, 0.25) is 0 Å². The van der Waals surface area contributed by atoms with Gasteiger partial charge in [0.15, 0.2) is 0 Å². The van der Waals surface area contributed by atoms with Gasteiger partial charge in [-0.2, -0.15) is 0 Å². The van der Waals surface area contributed by atoms with Crippen molar-refractivity contribution in [2.75, 3.05) is 6.54 Å². The molecule has 1 aromatic heterocycles. The summed E-state index contributed by atoms with van der Waals surface area (Å²) in [4.78, 5) is 4.84. The van der Waals surface area contributed by atoms with Crippen LogP contribution in [0.3, 0.4) is 0 Å². The zero-order valence-corrected chi connectivity index (χ0v) is 8.14. The minimum Gasteiger partial charge on any atom is -0.386 e. The minimum atomic E-state index is -0.433. The molecule has 0 saturated heterocycles. The minimum absolute atomic E-state index is 0.0930. The fourth-order valence-corrected chi connectivity index (χ4v) is 1.76. The Morgan fingerprint density at radius 2 is 2.50 bits per heavy atom. The summed E-state index contributed by atoms with van der Waals surface area (Å²) in [5.41, 5.74) is 1.73. The summed E-state index contributed by atoms with van der Waals surface area (Å²) in [5.74, 6) is 0. The third-order valence-corrected chi connectivity index (χ3v) is 2.59. The average molecular weight is 186 g/mol. The van der Waals surface area contributed by atoms with Gasteiger partial charge in [-0.25, -0.2) is 0 Å². The van der Waals surface area contributed by atoms with Crippen LogP contribution < -0.4 is 5.32 Å². The topological polar surface area (TPSA) is 45.1 Å². The molecule has 0 radical (unpaired) electrons. The number of rotatable bonds is 4. The van der Waals surface area contributed by atoms with Gasteiger partial charge in [0.05, 0.1) is 10.4 Å². The molecular formula is C8H14N2OS. The first-order chi connectivity index (χ1) is 5.75. The van der Waals surface area contributed by atoms with Crippen LogP contribution in [0.4, 0.5) is 0 Å². The predicted molar refractivity (Wildman–Crippen MR) is 50.2 cm³/mol. The standard InChI is InChI=1S/C8H14N2OS/c1-3-10-6(2)8(11)7-4-9-5-12-7/h4-6,8,10-11H,3H2,1-2H3. The Morgan fingerprint density at radius 3 is 3.00 bits per heavy atom. The molecule has 12 heavy (non-hydrogen) atoms. The highest BCUT2D eigenvalue weighted by atomic mass is 32.1. The Hall–Kier alpha value is -0.450. The Bertz CT molecular complexity index is 213. The maximum Gasteiger partial charge on any atom is 0.105 e. The number of aliphatic hydroxyl groups excluding tert-OH is 1. The summed E-state index contributed by atoms with van der Waals surface area (Å²) in [6, 6.07) is 0.0930. The van der Waals surface area contributed by atoms with Crippen molar-refractivity contribution in [2.24, 2.45) is 0 Å². The van der Waals surface area contributed by atoms with E-state index in [1.165, 1.54) is 11.3 Å². The molecule has 0 spiro atoms. The van der Waals surface area contributed by atoms with E-state index in [1.807, 2.05) is 13.8 Å². The van der Waals surface area contributed by atoms with Gasteiger partial charge in [0, 0.05) is 12.2 Å². The number of nitrogens with zero attached hydrogens (tertiary/aromatic N) is 1. The smallest absolute Gasteiger partial charge is 0.105 e. The molecule has 2 unspecified atom stereocenters. The molecule has 68 valence electrons. The molecule has 1 aromatic rings. The first-order valence-electron chi connectivity index (χ1n) is 4.05. The average Bonchev–Trinajstić information content (AvgIpc) is 2.55. The predicted octanol–water partition coefficient (Wildman–Crippen LogP) is 1.17. The fraction of sp³-hybridized carbons (Fsp3) is 0.625. The zero-order chi connectivity index (χ0) is 8.97. The van der Waals surface area contributed by atoms with Crippen LogP contribution in [0.5, 0.6) is 0 Å². The fourth-order valence-electron chi connectivity index (χ4n) is 1.05. The third-order valence-electron chi connectivity index (χ3n) is 1.74. The zero-order valence-electron chi connectivity index (χ0n) is 7.32. The second kappa shape index (κ2) is 4.54. The SMILES string of the molecule is CCNC(C)C(O)c1cncs1. The van der Waals surface area contributed by atoms with Crippen LogP contribution >= 0.6 is 11.3 Å². The Balaban J connectivity index is 2.53. The molecule has 0 aromatic carbocycles. The first kappa shape index (κ1) is 9.64. The summed E-state index contributed by atoms with van der Waals surface area (Å²) < 4.78 is 0. The molecule has 1 rings (SSSR count). The van der Waals surface area contributed by atoms with Gasteiger partial charge in [-0.1, -0.05) is 6.92 Å². The van der Waals surface area contributed by atoms with E-state index in [2.05, 4.69) is 10.3 Å². The maximum atomic E-state index is 9.72. The molecule has 0 aliphatic carbocycles. The van der Waals surface area contributed by atoms with E-state index in [0.717, 1.165) is 11.4 Å². The quantitative estimate of drug-likeness (QED) is 0.742. The Morgan fingerprint density at radius 1 is 1.75 bits per heavy atom. The van der Waals surface area contributed by atoms with Crippen LogP contribution in [0.15, 0.2) is 11.7 Å². The first-order valence-corrected chi connectivity index (χ1v) is 4.93. The number of hydrogen-bond acceptors (Lipinski definition) is 4. The highest BCUT2D eigenvalue weighted by Gasteiger charge is 2.15. The third kappa shape index (κ3) is 2.27. The number of nitrogens with one attached hydrogen (secondary N) is 1. The molecule has 0 fully saturated rings. The van der Waals surface area contributed by atoms with Crippen molar-refractivity contribution in [3.05, 3.63) is 16.6 Å². The molecule has 0 aliphatic heterocycles. The van der Waals surface area contributed by atoms with Crippen molar-refractivity contribution in [3.63, 3.8) is 0 Å². The summed E-state index contributed by atoms with van der Waals surface area (Å²) in [7, 11) is 0. The molecule has 0 amide bonds. The Labute approximate surface area is 76.5 Å². The molecule has 0 bridgehead atoms. The lowest BCUT2D eigenvalue weighted by Gasteiger charge is -2.17. The van der Waals surface area contributed by atoms with Crippen LogP contribution in [-0.2, 0) is 0 Å². The highest BCUT2D eigenvalue weighted by Crippen LogP contribution is 2.19. The van der Waals surface area contributed by atoms with Crippen molar-refractivity contribution in [1.29, 1.82) is 0 Å². The second-order valence-electron chi connectivity index (χ2n) is 2.69. The molecule has 2 N–H and O–H groups in total. The van der Waals surface area contributed by atoms with Gasteiger partial charge in [-0.3, -0.25) is 4.98 Å². The van der Waals surface area contributed by atoms with E-state index < -0.39 is 6.10 Å². The summed E-state index contributed by atoms with van der Waals surface area (Å²) in [6.07, 6.45) is 1.28. The lowest BCUT2D eigenvalue weighted by molar-refractivity contribution is 0.140. The van der Waals surface area contributed by atoms with Crippen LogP contribution in [0.1, 0.15) is 24.8 Å². The van der Waals surface area contributed by atoms with Gasteiger partial charge in [0.25, 0.3) is 0 Å². The molecule has 1 heterocycles. The second-order valence-corrected chi connectivity index (χ2v) is 3.61. The van der Waals surface area contributed by atoms with Crippen LogP contribution in [-0.4, -0.2) is 22.7 Å². The van der Waals surface area contributed by atoms with E-state index >= 15 is 0 Å². The Kier molecular flexibility index (Phi) is 3.65. The van der Waals surface area contributed by atoms with E-state index in [4.69, 9.17) is 0 Å². The number of likely N-dealkylation sites (N-methyl/N-ethyl adjacent to an activating group) is 1. The van der Waals surface area contributed by atoms with Crippen molar-refractivity contribution >= 4 is 11.3 Å². The normalized spacial score (nSPS) is 15.9. The van der Waals surface area contributed by atoms with E-state index in [9.17, 15) is 5.11 Å². The molecule has 2 atom stereocenters. The van der Waals surface area contributed by atoms with Gasteiger partial charge in [-0.05, 0) is 13.5 Å². The molecular weight excluding hydrogens is 172 g/mol. The highest BCUT2D eigenvalue weighted by molar-refractivity contribution is 7.09. The molecule has 0 saturated carbocycles. The number of aromatic nitrogens is 1. The van der Waals surface area contributed by atoms with Gasteiger partial charge in [0.2, 0.25) is 0 Å². The number of thiazole rings is 1. The monoisotopic (exact) mass is 186 g/mol. The van der Waals surface area contributed by atoms with Crippen molar-refractivity contribution in [3.8, 4) is 0 Å². The van der Waals surface area contributed by atoms with Crippen molar-refractivity contribution in [2.45, 2.75) is 26.0 Å². The lowest BCUT2D eigenvalue weighted by atomic mass is 10.1. The van der Waals surface area contributed by atoms with E-state index in [-0.39, 0.29) is 6.04 Å². The largest absolute Gasteiger partial charge is 0.386 e. The van der Waals surface area contributed by atoms with Crippen LogP contribution in [0, 0.1) is 0 Å². The van der Waals surface area contributed by atoms with Gasteiger partial charge in [-0.15, -0.1) is 11.3 Å². The summed E-state index contributed by atoms with van der Waals surface area (Å²) in [6.45, 7) is 4.86. The van der Waals surface area contributed by atoms with Gasteiger partial charge < -0.3 is 10.4 Å². The molecule has 4 heteroatoms. The molecule has 3 nitrogen and oxygen atoms in total. The summed E-state index contributed by atoms with van der Waals surface area (Å²) in [5, 5.41) is 12.9. The van der Waals surface area contributed by atoms with E-state index in [1.54, 1.807) is 11.7 Å².